The molecule has 0 amide bonds. The average Bonchev–Trinajstić information content (AvgIpc) is 3.12. The first-order valence-electron chi connectivity index (χ1n) is 8.55. The Bertz CT molecular complexity index is 504. The highest BCUT2D eigenvalue weighted by Crippen LogP contribution is 2.23. The molecule has 1 fully saturated rings. The zero-order valence-corrected chi connectivity index (χ0v) is 17.4. The number of ether oxygens (including phenoxy) is 1. The minimum Gasteiger partial charge on any atom is -0.385 e. The normalized spacial score (nSPS) is 15.8. The van der Waals surface area contributed by atoms with Crippen LogP contribution in [-0.4, -0.2) is 46.4 Å². The van der Waals surface area contributed by atoms with Gasteiger partial charge in [-0.3, -0.25) is 4.99 Å². The van der Waals surface area contributed by atoms with E-state index in [-0.39, 0.29) is 30.0 Å². The molecule has 0 saturated carbocycles. The second-order valence-corrected chi connectivity index (χ2v) is 6.00. The molecule has 0 radical (unpaired) electrons. The summed E-state index contributed by atoms with van der Waals surface area (Å²) in [7, 11) is 3.53. The Labute approximate surface area is 163 Å². The summed E-state index contributed by atoms with van der Waals surface area (Å²) in [5.41, 5.74) is 2.62. The minimum atomic E-state index is 0. The zero-order valence-electron chi connectivity index (χ0n) is 15.0. The Kier molecular flexibility index (Phi) is 10.1. The van der Waals surface area contributed by atoms with Crippen molar-refractivity contribution in [2.24, 2.45) is 4.99 Å². The Hall–Kier alpha value is -1.02. The zero-order chi connectivity index (χ0) is 16.5. The summed E-state index contributed by atoms with van der Waals surface area (Å²) in [6.07, 6.45) is 3.57. The number of halogens is 1. The smallest absolute Gasteiger partial charge is 0.191 e. The molecule has 6 heteroatoms. The van der Waals surface area contributed by atoms with E-state index in [9.17, 15) is 0 Å². The molecule has 0 bridgehead atoms. The first-order chi connectivity index (χ1) is 11.2. The van der Waals surface area contributed by atoms with Gasteiger partial charge in [0.15, 0.2) is 5.96 Å². The number of benzene rings is 1. The number of rotatable bonds is 7. The van der Waals surface area contributed by atoms with Gasteiger partial charge in [0.05, 0.1) is 6.04 Å². The third-order valence-corrected chi connectivity index (χ3v) is 4.24. The van der Waals surface area contributed by atoms with Gasteiger partial charge in [0.2, 0.25) is 0 Å². The number of guanidine groups is 1. The Morgan fingerprint density at radius 2 is 2.08 bits per heavy atom. The standard InChI is InChI=1S/C18H30N4O.HI/c1-15(21-18(19-2)20-10-7-13-23-3)16-8-6-9-17(14-16)22-11-4-5-12-22;/h6,8-9,14-15H,4-5,7,10-13H2,1-3H3,(H2,19,20,21);1H. The molecule has 1 atom stereocenters. The molecule has 2 N–H and O–H groups in total. The van der Waals surface area contributed by atoms with E-state index >= 15 is 0 Å². The molecule has 0 aliphatic carbocycles. The maximum Gasteiger partial charge on any atom is 0.191 e. The first-order valence-corrected chi connectivity index (χ1v) is 8.55. The lowest BCUT2D eigenvalue weighted by molar-refractivity contribution is 0.195. The van der Waals surface area contributed by atoms with Gasteiger partial charge in [0.1, 0.15) is 0 Å². The topological polar surface area (TPSA) is 48.9 Å². The van der Waals surface area contributed by atoms with Crippen molar-refractivity contribution in [2.75, 3.05) is 45.3 Å². The number of hydrogen-bond donors (Lipinski definition) is 2. The highest BCUT2D eigenvalue weighted by molar-refractivity contribution is 14.0. The van der Waals surface area contributed by atoms with Crippen LogP contribution in [0.15, 0.2) is 29.3 Å². The maximum absolute atomic E-state index is 5.06. The predicted molar refractivity (Wildman–Crippen MR) is 113 cm³/mol. The summed E-state index contributed by atoms with van der Waals surface area (Å²) >= 11 is 0. The van der Waals surface area contributed by atoms with Crippen LogP contribution in [0.1, 0.15) is 37.8 Å². The van der Waals surface area contributed by atoms with Crippen LogP contribution in [-0.2, 0) is 4.74 Å². The van der Waals surface area contributed by atoms with Crippen molar-refractivity contribution < 1.29 is 4.74 Å². The van der Waals surface area contributed by atoms with E-state index in [0.717, 1.165) is 25.5 Å². The number of anilines is 1. The summed E-state index contributed by atoms with van der Waals surface area (Å²) in [5.74, 6) is 0.833. The lowest BCUT2D eigenvalue weighted by Gasteiger charge is -2.22. The highest BCUT2D eigenvalue weighted by atomic mass is 127. The molecule has 0 spiro atoms. The van der Waals surface area contributed by atoms with Gasteiger partial charge in [-0.15, -0.1) is 24.0 Å². The second kappa shape index (κ2) is 11.5. The van der Waals surface area contributed by atoms with Gasteiger partial charge in [0.25, 0.3) is 0 Å². The van der Waals surface area contributed by atoms with Crippen molar-refractivity contribution in [1.82, 2.24) is 10.6 Å². The van der Waals surface area contributed by atoms with Crippen molar-refractivity contribution in [3.05, 3.63) is 29.8 Å². The molecule has 1 aromatic carbocycles. The van der Waals surface area contributed by atoms with Crippen molar-refractivity contribution in [1.29, 1.82) is 0 Å². The van der Waals surface area contributed by atoms with Gasteiger partial charge < -0.3 is 20.3 Å². The van der Waals surface area contributed by atoms with Gasteiger partial charge >= 0.3 is 0 Å². The van der Waals surface area contributed by atoms with Crippen LogP contribution >= 0.6 is 24.0 Å². The van der Waals surface area contributed by atoms with Gasteiger partial charge in [-0.1, -0.05) is 12.1 Å². The molecule has 1 heterocycles. The Balaban J connectivity index is 0.00000288. The van der Waals surface area contributed by atoms with Gasteiger partial charge in [-0.2, -0.15) is 0 Å². The Morgan fingerprint density at radius 3 is 2.75 bits per heavy atom. The molecular formula is C18H31IN4O. The predicted octanol–water partition coefficient (Wildman–Crippen LogP) is 3.17. The lowest BCUT2D eigenvalue weighted by atomic mass is 10.1. The van der Waals surface area contributed by atoms with E-state index in [1.165, 1.54) is 37.2 Å². The second-order valence-electron chi connectivity index (χ2n) is 6.00. The number of aliphatic imine (C=N–C) groups is 1. The minimum absolute atomic E-state index is 0. The van der Waals surface area contributed by atoms with Crippen LogP contribution in [0.2, 0.25) is 0 Å². The van der Waals surface area contributed by atoms with E-state index in [0.29, 0.717) is 0 Å². The van der Waals surface area contributed by atoms with Crippen LogP contribution < -0.4 is 15.5 Å². The highest BCUT2D eigenvalue weighted by Gasteiger charge is 2.14. The van der Waals surface area contributed by atoms with E-state index in [2.05, 4.69) is 51.7 Å². The van der Waals surface area contributed by atoms with Gasteiger partial charge in [0, 0.05) is 46.1 Å². The Morgan fingerprint density at radius 1 is 1.33 bits per heavy atom. The van der Waals surface area contributed by atoms with E-state index in [1.807, 2.05) is 0 Å². The van der Waals surface area contributed by atoms with Crippen LogP contribution in [0.3, 0.4) is 0 Å². The van der Waals surface area contributed by atoms with Crippen LogP contribution in [0, 0.1) is 0 Å². The molecule has 0 aromatic heterocycles. The van der Waals surface area contributed by atoms with Crippen molar-refractivity contribution >= 4 is 35.6 Å². The molecule has 1 saturated heterocycles. The average molecular weight is 446 g/mol. The van der Waals surface area contributed by atoms with E-state index in [1.54, 1.807) is 14.2 Å². The number of hydrogen-bond acceptors (Lipinski definition) is 3. The largest absolute Gasteiger partial charge is 0.385 e. The number of methoxy groups -OCH3 is 1. The van der Waals surface area contributed by atoms with Crippen molar-refractivity contribution in [3.8, 4) is 0 Å². The third kappa shape index (κ3) is 6.47. The third-order valence-electron chi connectivity index (χ3n) is 4.24. The number of nitrogens with zero attached hydrogens (tertiary/aromatic N) is 2. The van der Waals surface area contributed by atoms with Gasteiger partial charge in [-0.25, -0.2) is 0 Å². The van der Waals surface area contributed by atoms with Crippen LogP contribution in [0.25, 0.3) is 0 Å². The van der Waals surface area contributed by atoms with Crippen molar-refractivity contribution in [3.63, 3.8) is 0 Å². The van der Waals surface area contributed by atoms with E-state index in [4.69, 9.17) is 4.74 Å². The quantitative estimate of drug-likeness (QED) is 0.293. The molecule has 2 rings (SSSR count). The molecule has 1 unspecified atom stereocenters. The summed E-state index contributed by atoms with van der Waals surface area (Å²) in [6.45, 7) is 6.14. The SMILES string of the molecule is CN=C(NCCCOC)NC(C)c1cccc(N2CCCC2)c1.I. The van der Waals surface area contributed by atoms with Gasteiger partial charge in [-0.05, 0) is 43.9 Å². The molecular weight excluding hydrogens is 415 g/mol. The first kappa shape index (κ1) is 21.0. The van der Waals surface area contributed by atoms with Crippen molar-refractivity contribution in [2.45, 2.75) is 32.2 Å². The lowest BCUT2D eigenvalue weighted by Crippen LogP contribution is -2.39. The summed E-state index contributed by atoms with van der Waals surface area (Å²) < 4.78 is 5.06. The number of nitrogens with one attached hydrogen (secondary N) is 2. The molecule has 5 nitrogen and oxygen atoms in total. The summed E-state index contributed by atoms with van der Waals surface area (Å²) in [5, 5.41) is 6.78. The fraction of sp³-hybridized carbons (Fsp3) is 0.611. The van der Waals surface area contributed by atoms with E-state index < -0.39 is 0 Å². The van der Waals surface area contributed by atoms with Crippen LogP contribution in [0.4, 0.5) is 5.69 Å². The molecule has 136 valence electrons. The fourth-order valence-corrected chi connectivity index (χ4v) is 2.87. The molecule has 1 aliphatic rings. The molecule has 1 aromatic rings. The monoisotopic (exact) mass is 446 g/mol. The summed E-state index contributed by atoms with van der Waals surface area (Å²) in [6, 6.07) is 9.04. The fourth-order valence-electron chi connectivity index (χ4n) is 2.87. The molecule has 24 heavy (non-hydrogen) atoms. The molecule has 1 aliphatic heterocycles. The summed E-state index contributed by atoms with van der Waals surface area (Å²) in [4.78, 5) is 6.76. The maximum atomic E-state index is 5.06. The van der Waals surface area contributed by atoms with Crippen LogP contribution in [0.5, 0.6) is 0 Å².